The van der Waals surface area contributed by atoms with Crippen molar-refractivity contribution in [3.8, 4) is 0 Å². The Labute approximate surface area is 137 Å². The third kappa shape index (κ3) is 4.11. The molecular formula is C18H23ClO3. The molecule has 0 radical (unpaired) electrons. The van der Waals surface area contributed by atoms with Crippen molar-refractivity contribution in [2.75, 3.05) is 13.2 Å². The number of hydrogen-bond acceptors (Lipinski definition) is 3. The maximum Gasteiger partial charge on any atom is 0.184 e. The molecule has 1 aromatic carbocycles. The first-order valence-corrected chi connectivity index (χ1v) is 8.48. The Morgan fingerprint density at radius 1 is 1.18 bits per heavy atom. The summed E-state index contributed by atoms with van der Waals surface area (Å²) in [7, 11) is 0. The van der Waals surface area contributed by atoms with E-state index in [2.05, 4.69) is 12.6 Å². The molecule has 3 unspecified atom stereocenters. The molecule has 1 aromatic rings. The highest BCUT2D eigenvalue weighted by Gasteiger charge is 2.28. The van der Waals surface area contributed by atoms with Crippen LogP contribution in [-0.2, 0) is 20.1 Å². The van der Waals surface area contributed by atoms with E-state index in [9.17, 15) is 0 Å². The lowest BCUT2D eigenvalue weighted by Gasteiger charge is -2.34. The van der Waals surface area contributed by atoms with E-state index in [1.165, 1.54) is 5.57 Å². The van der Waals surface area contributed by atoms with Gasteiger partial charge in [-0.15, -0.1) is 11.6 Å². The van der Waals surface area contributed by atoms with Crippen LogP contribution in [0.3, 0.4) is 0 Å². The summed E-state index contributed by atoms with van der Waals surface area (Å²) in [6, 6.07) is 8.09. The normalized spacial score (nSPS) is 29.5. The summed E-state index contributed by atoms with van der Waals surface area (Å²) >= 11 is 5.90. The molecule has 120 valence electrons. The zero-order chi connectivity index (χ0) is 15.4. The van der Waals surface area contributed by atoms with Gasteiger partial charge in [-0.05, 0) is 30.9 Å². The van der Waals surface area contributed by atoms with Gasteiger partial charge in [0.05, 0.1) is 25.4 Å². The van der Waals surface area contributed by atoms with Gasteiger partial charge in [-0.1, -0.05) is 30.4 Å². The van der Waals surface area contributed by atoms with Gasteiger partial charge in [-0.3, -0.25) is 0 Å². The number of ether oxygens (including phenoxy) is 3. The average Bonchev–Trinajstić information content (AvgIpc) is 2.55. The zero-order valence-electron chi connectivity index (χ0n) is 12.8. The molecule has 3 atom stereocenters. The summed E-state index contributed by atoms with van der Waals surface area (Å²) in [5, 5.41) is 0. The summed E-state index contributed by atoms with van der Waals surface area (Å²) in [5.41, 5.74) is 3.41. The van der Waals surface area contributed by atoms with Crippen LogP contribution < -0.4 is 0 Å². The molecule has 2 aliphatic rings. The van der Waals surface area contributed by atoms with E-state index in [1.807, 2.05) is 18.2 Å². The zero-order valence-corrected chi connectivity index (χ0v) is 13.6. The highest BCUT2D eigenvalue weighted by atomic mass is 35.5. The topological polar surface area (TPSA) is 27.7 Å². The monoisotopic (exact) mass is 322 g/mol. The molecule has 0 amide bonds. The molecular weight excluding hydrogens is 300 g/mol. The Morgan fingerprint density at radius 2 is 2.09 bits per heavy atom. The standard InChI is InChI=1S/C18H23ClO3/c1-13-5-7-20-17(9-13)11-16-6-8-21-18(22-16)15-4-2-3-14(10-15)12-19/h2-4,10,16-18H,1,5-9,11-12H2. The van der Waals surface area contributed by atoms with Crippen molar-refractivity contribution in [2.24, 2.45) is 0 Å². The molecule has 0 bridgehead atoms. The van der Waals surface area contributed by atoms with Crippen LogP contribution in [0, 0.1) is 0 Å². The highest BCUT2D eigenvalue weighted by Crippen LogP contribution is 2.31. The predicted molar refractivity (Wildman–Crippen MR) is 86.9 cm³/mol. The summed E-state index contributed by atoms with van der Waals surface area (Å²) in [4.78, 5) is 0. The second kappa shape index (κ2) is 7.60. The third-order valence-electron chi connectivity index (χ3n) is 4.25. The van der Waals surface area contributed by atoms with E-state index in [-0.39, 0.29) is 18.5 Å². The molecule has 3 rings (SSSR count). The van der Waals surface area contributed by atoms with Crippen LogP contribution in [0.15, 0.2) is 36.4 Å². The first kappa shape index (κ1) is 16.0. The van der Waals surface area contributed by atoms with Crippen LogP contribution in [-0.4, -0.2) is 25.4 Å². The molecule has 0 N–H and O–H groups in total. The van der Waals surface area contributed by atoms with Crippen molar-refractivity contribution < 1.29 is 14.2 Å². The van der Waals surface area contributed by atoms with Crippen molar-refractivity contribution in [1.82, 2.24) is 0 Å². The smallest absolute Gasteiger partial charge is 0.184 e. The van der Waals surface area contributed by atoms with Crippen molar-refractivity contribution in [3.05, 3.63) is 47.5 Å². The molecule has 0 aromatic heterocycles. The van der Waals surface area contributed by atoms with Crippen molar-refractivity contribution in [3.63, 3.8) is 0 Å². The fourth-order valence-corrected chi connectivity index (χ4v) is 3.22. The molecule has 4 heteroatoms. The number of benzene rings is 1. The van der Waals surface area contributed by atoms with E-state index in [0.717, 1.165) is 43.4 Å². The quantitative estimate of drug-likeness (QED) is 0.609. The lowest BCUT2D eigenvalue weighted by atomic mass is 9.98. The highest BCUT2D eigenvalue weighted by molar-refractivity contribution is 6.17. The predicted octanol–water partition coefficient (Wildman–Crippen LogP) is 4.35. The molecule has 2 heterocycles. The molecule has 2 saturated heterocycles. The summed E-state index contributed by atoms with van der Waals surface area (Å²) in [5.74, 6) is 0.502. The molecule has 3 nitrogen and oxygen atoms in total. The van der Waals surface area contributed by atoms with Gasteiger partial charge in [0.1, 0.15) is 0 Å². The van der Waals surface area contributed by atoms with E-state index in [0.29, 0.717) is 12.5 Å². The minimum atomic E-state index is -0.297. The van der Waals surface area contributed by atoms with E-state index >= 15 is 0 Å². The van der Waals surface area contributed by atoms with Gasteiger partial charge in [0.2, 0.25) is 0 Å². The molecule has 2 fully saturated rings. The molecule has 2 aliphatic heterocycles. The lowest BCUT2D eigenvalue weighted by Crippen LogP contribution is -2.32. The molecule has 0 aliphatic carbocycles. The summed E-state index contributed by atoms with van der Waals surface area (Å²) < 4.78 is 17.7. The molecule has 0 saturated carbocycles. The van der Waals surface area contributed by atoms with Crippen LogP contribution in [0.5, 0.6) is 0 Å². The number of hydrogen-bond donors (Lipinski definition) is 0. The van der Waals surface area contributed by atoms with Crippen LogP contribution >= 0.6 is 11.6 Å². The fraction of sp³-hybridized carbons (Fsp3) is 0.556. The average molecular weight is 323 g/mol. The van der Waals surface area contributed by atoms with Crippen molar-refractivity contribution in [2.45, 2.75) is 50.1 Å². The molecule has 0 spiro atoms. The number of rotatable bonds is 4. The Balaban J connectivity index is 1.60. The molecule has 22 heavy (non-hydrogen) atoms. The van der Waals surface area contributed by atoms with Crippen LogP contribution in [0.4, 0.5) is 0 Å². The minimum absolute atomic E-state index is 0.175. The lowest BCUT2D eigenvalue weighted by molar-refractivity contribution is -0.224. The van der Waals surface area contributed by atoms with Gasteiger partial charge in [-0.2, -0.15) is 0 Å². The van der Waals surface area contributed by atoms with Crippen LogP contribution in [0.1, 0.15) is 43.1 Å². The Kier molecular flexibility index (Phi) is 5.53. The van der Waals surface area contributed by atoms with Crippen molar-refractivity contribution in [1.29, 1.82) is 0 Å². The summed E-state index contributed by atoms with van der Waals surface area (Å²) in [6.45, 7) is 5.58. The van der Waals surface area contributed by atoms with Gasteiger partial charge in [0.25, 0.3) is 0 Å². The number of halogens is 1. The second-order valence-corrected chi connectivity index (χ2v) is 6.33. The Morgan fingerprint density at radius 3 is 2.91 bits per heavy atom. The first-order valence-electron chi connectivity index (χ1n) is 7.94. The largest absolute Gasteiger partial charge is 0.377 e. The summed E-state index contributed by atoms with van der Waals surface area (Å²) in [6.07, 6.45) is 3.88. The Bertz CT molecular complexity index is 517. The van der Waals surface area contributed by atoms with Crippen LogP contribution in [0.25, 0.3) is 0 Å². The van der Waals surface area contributed by atoms with Gasteiger partial charge in [-0.25, -0.2) is 0 Å². The Hall–Kier alpha value is -0.870. The van der Waals surface area contributed by atoms with E-state index in [1.54, 1.807) is 0 Å². The van der Waals surface area contributed by atoms with Crippen LogP contribution in [0.2, 0.25) is 0 Å². The second-order valence-electron chi connectivity index (χ2n) is 6.06. The minimum Gasteiger partial charge on any atom is -0.377 e. The maximum absolute atomic E-state index is 6.13. The van der Waals surface area contributed by atoms with Gasteiger partial charge < -0.3 is 14.2 Å². The van der Waals surface area contributed by atoms with Crippen molar-refractivity contribution >= 4 is 11.6 Å². The number of alkyl halides is 1. The van der Waals surface area contributed by atoms with Gasteiger partial charge in [0.15, 0.2) is 6.29 Å². The van der Waals surface area contributed by atoms with Gasteiger partial charge in [0, 0.05) is 17.9 Å². The van der Waals surface area contributed by atoms with E-state index < -0.39 is 0 Å². The maximum atomic E-state index is 6.13. The van der Waals surface area contributed by atoms with Gasteiger partial charge >= 0.3 is 0 Å². The fourth-order valence-electron chi connectivity index (χ4n) is 3.06. The third-order valence-corrected chi connectivity index (χ3v) is 4.56. The first-order chi connectivity index (χ1) is 10.7. The van der Waals surface area contributed by atoms with E-state index in [4.69, 9.17) is 25.8 Å². The SMILES string of the molecule is C=C1CCOC(CC2CCOC(c3cccc(CCl)c3)O2)C1.